The summed E-state index contributed by atoms with van der Waals surface area (Å²) in [6.07, 6.45) is 5.67. The minimum atomic E-state index is 0.112. The number of carbonyl (C=O) groups excluding carboxylic acids is 2. The highest BCUT2D eigenvalue weighted by atomic mass is 35.5. The molecule has 6 heteroatoms. The Morgan fingerprint density at radius 2 is 1.62 bits per heavy atom. The Kier molecular flexibility index (Phi) is 7.26. The summed E-state index contributed by atoms with van der Waals surface area (Å²) in [4.78, 5) is 30.1. The van der Waals surface area contributed by atoms with Crippen molar-refractivity contribution in [1.82, 2.24) is 9.80 Å². The highest BCUT2D eigenvalue weighted by Gasteiger charge is 2.30. The van der Waals surface area contributed by atoms with Crippen molar-refractivity contribution < 1.29 is 9.59 Å². The molecule has 1 aromatic carbocycles. The van der Waals surface area contributed by atoms with Crippen molar-refractivity contribution in [3.63, 3.8) is 0 Å². The second-order valence-electron chi connectivity index (χ2n) is 7.09. The van der Waals surface area contributed by atoms with E-state index in [2.05, 4.69) is 0 Å². The third-order valence-electron chi connectivity index (χ3n) is 5.26. The van der Waals surface area contributed by atoms with Gasteiger partial charge in [0.1, 0.15) is 0 Å². The van der Waals surface area contributed by atoms with Gasteiger partial charge in [-0.25, -0.2) is 0 Å². The summed E-state index contributed by atoms with van der Waals surface area (Å²) in [5.41, 5.74) is 0. The molecule has 2 amide bonds. The van der Waals surface area contributed by atoms with Crippen LogP contribution in [0.4, 0.5) is 0 Å². The van der Waals surface area contributed by atoms with Crippen LogP contribution in [0.5, 0.6) is 0 Å². The molecule has 0 saturated carbocycles. The van der Waals surface area contributed by atoms with Crippen LogP contribution in [0, 0.1) is 5.92 Å². The molecule has 142 valence electrons. The molecule has 0 radical (unpaired) electrons. The van der Waals surface area contributed by atoms with Crippen LogP contribution >= 0.6 is 23.4 Å². The summed E-state index contributed by atoms with van der Waals surface area (Å²) in [5.74, 6) is 1.40. The fourth-order valence-corrected chi connectivity index (χ4v) is 4.66. The predicted octanol–water partition coefficient (Wildman–Crippen LogP) is 4.07. The molecule has 0 atom stereocenters. The van der Waals surface area contributed by atoms with Gasteiger partial charge in [0, 0.05) is 54.2 Å². The Bertz CT molecular complexity index is 609. The van der Waals surface area contributed by atoms with Gasteiger partial charge in [0.2, 0.25) is 11.8 Å². The number of piperidine rings is 2. The monoisotopic (exact) mass is 394 g/mol. The first-order valence-corrected chi connectivity index (χ1v) is 10.9. The molecule has 0 aliphatic carbocycles. The standard InChI is InChI=1S/C20H27ClN2O2S/c21-17-4-6-18(7-5-17)26-15-10-19(24)22-13-8-16(9-14-22)20(25)23-11-2-1-3-12-23/h4-7,16H,1-3,8-15H2. The van der Waals surface area contributed by atoms with Crippen LogP contribution < -0.4 is 0 Å². The van der Waals surface area contributed by atoms with Gasteiger partial charge in [0.15, 0.2) is 0 Å². The van der Waals surface area contributed by atoms with Crippen LogP contribution in [0.1, 0.15) is 38.5 Å². The molecule has 0 N–H and O–H groups in total. The molecule has 2 saturated heterocycles. The third kappa shape index (κ3) is 5.40. The summed E-state index contributed by atoms with van der Waals surface area (Å²) in [6.45, 7) is 3.27. The molecule has 0 spiro atoms. The topological polar surface area (TPSA) is 40.6 Å². The summed E-state index contributed by atoms with van der Waals surface area (Å²) in [7, 11) is 0. The van der Waals surface area contributed by atoms with E-state index in [0.717, 1.165) is 54.4 Å². The van der Waals surface area contributed by atoms with E-state index < -0.39 is 0 Å². The van der Waals surface area contributed by atoms with E-state index in [-0.39, 0.29) is 11.8 Å². The number of rotatable bonds is 5. The highest BCUT2D eigenvalue weighted by Crippen LogP contribution is 2.24. The summed E-state index contributed by atoms with van der Waals surface area (Å²) < 4.78 is 0. The van der Waals surface area contributed by atoms with Crippen LogP contribution in [0.15, 0.2) is 29.2 Å². The van der Waals surface area contributed by atoms with E-state index in [1.54, 1.807) is 11.8 Å². The summed E-state index contributed by atoms with van der Waals surface area (Å²) in [6, 6.07) is 7.70. The Hall–Kier alpha value is -1.20. The zero-order valence-electron chi connectivity index (χ0n) is 15.2. The van der Waals surface area contributed by atoms with Crippen molar-refractivity contribution in [1.29, 1.82) is 0 Å². The molecule has 3 rings (SSSR count). The van der Waals surface area contributed by atoms with E-state index in [0.29, 0.717) is 25.4 Å². The normalized spacial score (nSPS) is 18.8. The van der Waals surface area contributed by atoms with Gasteiger partial charge in [-0.2, -0.15) is 0 Å². The minimum absolute atomic E-state index is 0.112. The molecule has 2 heterocycles. The number of amides is 2. The quantitative estimate of drug-likeness (QED) is 0.706. The van der Waals surface area contributed by atoms with Crippen LogP contribution in [0.2, 0.25) is 5.02 Å². The Morgan fingerprint density at radius 1 is 0.962 bits per heavy atom. The molecule has 0 unspecified atom stereocenters. The van der Waals surface area contributed by atoms with Gasteiger partial charge in [-0.3, -0.25) is 9.59 Å². The fourth-order valence-electron chi connectivity index (χ4n) is 3.69. The lowest BCUT2D eigenvalue weighted by Crippen LogP contribution is -2.45. The van der Waals surface area contributed by atoms with E-state index in [9.17, 15) is 9.59 Å². The van der Waals surface area contributed by atoms with E-state index >= 15 is 0 Å². The number of likely N-dealkylation sites (tertiary alicyclic amines) is 2. The van der Waals surface area contributed by atoms with Crippen molar-refractivity contribution in [3.8, 4) is 0 Å². The Morgan fingerprint density at radius 3 is 2.27 bits per heavy atom. The lowest BCUT2D eigenvalue weighted by atomic mass is 9.94. The van der Waals surface area contributed by atoms with Crippen LogP contribution in [-0.4, -0.2) is 53.5 Å². The van der Waals surface area contributed by atoms with Crippen LogP contribution in [0.25, 0.3) is 0 Å². The molecule has 0 aromatic heterocycles. The van der Waals surface area contributed by atoms with Gasteiger partial charge >= 0.3 is 0 Å². The molecule has 2 aliphatic rings. The number of carbonyl (C=O) groups is 2. The maximum absolute atomic E-state index is 12.6. The Labute approximate surface area is 165 Å². The van der Waals surface area contributed by atoms with Gasteiger partial charge in [-0.05, 0) is 56.4 Å². The maximum atomic E-state index is 12.6. The van der Waals surface area contributed by atoms with Gasteiger partial charge in [-0.1, -0.05) is 11.6 Å². The minimum Gasteiger partial charge on any atom is -0.343 e. The first kappa shape index (κ1) is 19.6. The van der Waals surface area contributed by atoms with Crippen LogP contribution in [-0.2, 0) is 9.59 Å². The lowest BCUT2D eigenvalue weighted by Gasteiger charge is -2.35. The smallest absolute Gasteiger partial charge is 0.225 e. The van der Waals surface area contributed by atoms with Gasteiger partial charge in [0.25, 0.3) is 0 Å². The lowest BCUT2D eigenvalue weighted by molar-refractivity contribution is -0.141. The second-order valence-corrected chi connectivity index (χ2v) is 8.70. The summed E-state index contributed by atoms with van der Waals surface area (Å²) in [5, 5.41) is 0.729. The van der Waals surface area contributed by atoms with Gasteiger partial charge < -0.3 is 9.80 Å². The second kappa shape index (κ2) is 9.65. The molecule has 1 aromatic rings. The highest BCUT2D eigenvalue weighted by molar-refractivity contribution is 7.99. The van der Waals surface area contributed by atoms with Crippen molar-refractivity contribution in [3.05, 3.63) is 29.3 Å². The predicted molar refractivity (Wildman–Crippen MR) is 107 cm³/mol. The van der Waals surface area contributed by atoms with E-state index in [1.807, 2.05) is 34.1 Å². The molecular formula is C20H27ClN2O2S. The zero-order valence-corrected chi connectivity index (χ0v) is 16.7. The maximum Gasteiger partial charge on any atom is 0.225 e. The number of benzene rings is 1. The number of thioether (sulfide) groups is 1. The average Bonchev–Trinajstić information content (AvgIpc) is 2.69. The first-order chi connectivity index (χ1) is 12.6. The molecule has 0 bridgehead atoms. The molecule has 26 heavy (non-hydrogen) atoms. The summed E-state index contributed by atoms with van der Waals surface area (Å²) >= 11 is 7.56. The molecule has 4 nitrogen and oxygen atoms in total. The number of hydrogen-bond donors (Lipinski definition) is 0. The van der Waals surface area contributed by atoms with Crippen molar-refractivity contribution >= 4 is 35.2 Å². The van der Waals surface area contributed by atoms with Crippen LogP contribution in [0.3, 0.4) is 0 Å². The fraction of sp³-hybridized carbons (Fsp3) is 0.600. The van der Waals surface area contributed by atoms with Gasteiger partial charge in [-0.15, -0.1) is 11.8 Å². The third-order valence-corrected chi connectivity index (χ3v) is 6.53. The largest absolute Gasteiger partial charge is 0.343 e. The molecule has 2 aliphatic heterocycles. The van der Waals surface area contributed by atoms with Crippen molar-refractivity contribution in [2.45, 2.75) is 43.4 Å². The zero-order chi connectivity index (χ0) is 18.4. The molecular weight excluding hydrogens is 368 g/mol. The SMILES string of the molecule is O=C(CCSc1ccc(Cl)cc1)N1CCC(C(=O)N2CCCCC2)CC1. The van der Waals surface area contributed by atoms with E-state index in [1.165, 1.54) is 6.42 Å². The van der Waals surface area contributed by atoms with Crippen molar-refractivity contribution in [2.24, 2.45) is 5.92 Å². The van der Waals surface area contributed by atoms with E-state index in [4.69, 9.17) is 11.6 Å². The van der Waals surface area contributed by atoms with Crippen molar-refractivity contribution in [2.75, 3.05) is 31.9 Å². The average molecular weight is 395 g/mol. The number of hydrogen-bond acceptors (Lipinski definition) is 3. The van der Waals surface area contributed by atoms with Gasteiger partial charge in [0.05, 0.1) is 0 Å². The molecule has 2 fully saturated rings. The Balaban J connectivity index is 1.37. The number of halogens is 1. The number of nitrogens with zero attached hydrogens (tertiary/aromatic N) is 2. The first-order valence-electron chi connectivity index (χ1n) is 9.58.